The molecule has 2 heterocycles. The van der Waals surface area contributed by atoms with Crippen molar-refractivity contribution in [1.29, 1.82) is 0 Å². The van der Waals surface area contributed by atoms with Crippen molar-refractivity contribution >= 4 is 0 Å². The maximum absolute atomic E-state index is 5.93. The van der Waals surface area contributed by atoms with Crippen LogP contribution in [0.4, 0.5) is 0 Å². The normalized spacial score (nSPS) is 38.3. The summed E-state index contributed by atoms with van der Waals surface area (Å²) in [5, 5.41) is 3.48. The van der Waals surface area contributed by atoms with Crippen LogP contribution in [0.1, 0.15) is 25.7 Å². The van der Waals surface area contributed by atoms with E-state index in [4.69, 9.17) is 4.74 Å². The fraction of sp³-hybridized carbons (Fsp3) is 0.600. The monoisotopic (exact) mass is 244 g/mol. The van der Waals surface area contributed by atoms with Gasteiger partial charge in [-0.15, -0.1) is 0 Å². The van der Waals surface area contributed by atoms with E-state index in [0.717, 1.165) is 6.54 Å². The van der Waals surface area contributed by atoms with Crippen molar-refractivity contribution in [3.05, 3.63) is 35.3 Å². The van der Waals surface area contributed by atoms with E-state index in [2.05, 4.69) is 23.3 Å². The molecule has 96 valence electrons. The molecule has 0 aromatic carbocycles. The molecule has 1 N–H and O–H groups in total. The summed E-state index contributed by atoms with van der Waals surface area (Å²) >= 11 is 0. The van der Waals surface area contributed by atoms with Crippen LogP contribution in [0.15, 0.2) is 35.3 Å². The summed E-state index contributed by atoms with van der Waals surface area (Å²) in [5.74, 6) is 0. The fourth-order valence-corrected chi connectivity index (χ4v) is 4.03. The van der Waals surface area contributed by atoms with Crippen LogP contribution in [-0.4, -0.2) is 36.7 Å². The molecule has 4 aliphatic rings. The molecule has 0 radical (unpaired) electrons. The van der Waals surface area contributed by atoms with E-state index in [1.807, 2.05) is 12.5 Å². The van der Waals surface area contributed by atoms with E-state index in [1.165, 1.54) is 31.3 Å². The Morgan fingerprint density at radius 2 is 2.33 bits per heavy atom. The van der Waals surface area contributed by atoms with Crippen LogP contribution in [0.3, 0.4) is 0 Å². The van der Waals surface area contributed by atoms with Crippen LogP contribution >= 0.6 is 0 Å². The molecule has 2 aliphatic carbocycles. The topological polar surface area (TPSA) is 24.5 Å². The standard InChI is InChI=1S/C15H20N2O/c1-17-9-10-5-6-12-15(18-8-7-16-12)11-3-2-4-13(17)14(10)11/h3,7-8,12-13,15-16H,2,4-6,9H2,1H3. The lowest BCUT2D eigenvalue weighted by Crippen LogP contribution is -2.43. The molecule has 0 bridgehead atoms. The Hall–Kier alpha value is -1.22. The summed E-state index contributed by atoms with van der Waals surface area (Å²) in [4.78, 5) is 2.52. The predicted octanol–water partition coefficient (Wildman–Crippen LogP) is 1.94. The minimum absolute atomic E-state index is 0.233. The van der Waals surface area contributed by atoms with Gasteiger partial charge in [-0.3, -0.25) is 4.90 Å². The van der Waals surface area contributed by atoms with Gasteiger partial charge in [-0.2, -0.15) is 0 Å². The van der Waals surface area contributed by atoms with Gasteiger partial charge in [-0.25, -0.2) is 0 Å². The molecule has 0 aromatic heterocycles. The molecule has 0 spiro atoms. The summed E-state index contributed by atoms with van der Waals surface area (Å²) in [6.07, 6.45) is 11.3. The summed E-state index contributed by atoms with van der Waals surface area (Å²) < 4.78 is 5.93. The molecule has 4 rings (SSSR count). The van der Waals surface area contributed by atoms with Crippen molar-refractivity contribution in [2.45, 2.75) is 43.9 Å². The molecule has 3 unspecified atom stereocenters. The second-order valence-electron chi connectivity index (χ2n) is 5.86. The Bertz CT molecular complexity index is 463. The molecule has 3 nitrogen and oxygen atoms in total. The molecular formula is C15H20N2O. The molecule has 3 heteroatoms. The Morgan fingerprint density at radius 1 is 1.39 bits per heavy atom. The van der Waals surface area contributed by atoms with Crippen LogP contribution in [-0.2, 0) is 4.74 Å². The average molecular weight is 244 g/mol. The first-order valence-electron chi connectivity index (χ1n) is 7.03. The van der Waals surface area contributed by atoms with E-state index < -0.39 is 0 Å². The number of ether oxygens (including phenoxy) is 1. The Balaban J connectivity index is 1.78. The Labute approximate surface area is 108 Å². The highest BCUT2D eigenvalue weighted by atomic mass is 16.5. The van der Waals surface area contributed by atoms with E-state index in [0.29, 0.717) is 12.1 Å². The van der Waals surface area contributed by atoms with Crippen LogP contribution < -0.4 is 5.32 Å². The third-order valence-corrected chi connectivity index (χ3v) is 4.83. The largest absolute Gasteiger partial charge is 0.490 e. The number of rotatable bonds is 0. The summed E-state index contributed by atoms with van der Waals surface area (Å²) in [6, 6.07) is 1.10. The van der Waals surface area contributed by atoms with Crippen LogP contribution in [0, 0.1) is 0 Å². The van der Waals surface area contributed by atoms with Gasteiger partial charge in [0.2, 0.25) is 0 Å². The third kappa shape index (κ3) is 1.40. The molecule has 3 atom stereocenters. The van der Waals surface area contributed by atoms with Crippen molar-refractivity contribution in [2.75, 3.05) is 13.6 Å². The van der Waals surface area contributed by atoms with Gasteiger partial charge in [0.15, 0.2) is 0 Å². The molecule has 0 saturated heterocycles. The van der Waals surface area contributed by atoms with E-state index in [1.54, 1.807) is 11.1 Å². The van der Waals surface area contributed by atoms with Crippen molar-refractivity contribution in [3.8, 4) is 0 Å². The average Bonchev–Trinajstić information content (AvgIpc) is 2.64. The number of nitrogens with zero attached hydrogens (tertiary/aromatic N) is 1. The molecule has 0 saturated carbocycles. The first kappa shape index (κ1) is 10.7. The van der Waals surface area contributed by atoms with E-state index in [-0.39, 0.29) is 6.10 Å². The first-order chi connectivity index (χ1) is 8.84. The van der Waals surface area contributed by atoms with Gasteiger partial charge < -0.3 is 10.1 Å². The van der Waals surface area contributed by atoms with Gasteiger partial charge in [0.1, 0.15) is 6.10 Å². The smallest absolute Gasteiger partial charge is 0.143 e. The highest BCUT2D eigenvalue weighted by molar-refractivity contribution is 5.49. The zero-order valence-corrected chi connectivity index (χ0v) is 10.9. The van der Waals surface area contributed by atoms with Gasteiger partial charge in [0, 0.05) is 18.8 Å². The molecule has 0 amide bonds. The molecule has 0 fully saturated rings. The molecule has 2 aliphatic heterocycles. The highest BCUT2D eigenvalue weighted by Gasteiger charge is 2.41. The quantitative estimate of drug-likeness (QED) is 0.705. The lowest BCUT2D eigenvalue weighted by molar-refractivity contribution is 0.118. The van der Waals surface area contributed by atoms with Gasteiger partial charge >= 0.3 is 0 Å². The van der Waals surface area contributed by atoms with Crippen molar-refractivity contribution in [2.24, 2.45) is 0 Å². The van der Waals surface area contributed by atoms with Gasteiger partial charge in [-0.05, 0) is 43.9 Å². The van der Waals surface area contributed by atoms with Gasteiger partial charge in [0.05, 0.1) is 12.3 Å². The first-order valence-corrected chi connectivity index (χ1v) is 7.03. The summed E-state index contributed by atoms with van der Waals surface area (Å²) in [7, 11) is 2.26. The zero-order valence-electron chi connectivity index (χ0n) is 10.9. The lowest BCUT2D eigenvalue weighted by atomic mass is 9.84. The van der Waals surface area contributed by atoms with Gasteiger partial charge in [0.25, 0.3) is 0 Å². The Kier molecular flexibility index (Phi) is 2.31. The van der Waals surface area contributed by atoms with Crippen LogP contribution in [0.5, 0.6) is 0 Å². The number of allylic oxidation sites excluding steroid dienone is 1. The van der Waals surface area contributed by atoms with Crippen molar-refractivity contribution in [1.82, 2.24) is 10.2 Å². The SMILES string of the molecule is CN1CC2=C3C(=CCCC31)C1OC=CNC1CC2. The molecule has 0 aromatic rings. The molecule has 18 heavy (non-hydrogen) atoms. The number of fused-ring (bicyclic) bond motifs is 2. The predicted molar refractivity (Wildman–Crippen MR) is 70.9 cm³/mol. The van der Waals surface area contributed by atoms with Crippen LogP contribution in [0.25, 0.3) is 0 Å². The maximum atomic E-state index is 5.93. The van der Waals surface area contributed by atoms with Gasteiger partial charge in [-0.1, -0.05) is 11.6 Å². The van der Waals surface area contributed by atoms with Crippen molar-refractivity contribution in [3.63, 3.8) is 0 Å². The highest BCUT2D eigenvalue weighted by Crippen LogP contribution is 2.43. The fourth-order valence-electron chi connectivity index (χ4n) is 4.03. The lowest BCUT2D eigenvalue weighted by Gasteiger charge is -2.35. The van der Waals surface area contributed by atoms with E-state index in [9.17, 15) is 0 Å². The van der Waals surface area contributed by atoms with Crippen molar-refractivity contribution < 1.29 is 4.74 Å². The maximum Gasteiger partial charge on any atom is 0.143 e. The second-order valence-corrected chi connectivity index (χ2v) is 5.86. The second kappa shape index (κ2) is 3.89. The molecular weight excluding hydrogens is 224 g/mol. The summed E-state index contributed by atoms with van der Waals surface area (Å²) in [5.41, 5.74) is 4.76. The number of nitrogens with one attached hydrogen (secondary N) is 1. The summed E-state index contributed by atoms with van der Waals surface area (Å²) in [6.45, 7) is 1.16. The zero-order chi connectivity index (χ0) is 12.1. The number of hydrogen-bond donors (Lipinski definition) is 1. The minimum Gasteiger partial charge on any atom is -0.490 e. The Morgan fingerprint density at radius 3 is 3.28 bits per heavy atom. The van der Waals surface area contributed by atoms with Crippen LogP contribution in [0.2, 0.25) is 0 Å². The van der Waals surface area contributed by atoms with E-state index >= 15 is 0 Å². The number of likely N-dealkylation sites (N-methyl/N-ethyl adjacent to an activating group) is 1. The minimum atomic E-state index is 0.233. The number of hydrogen-bond acceptors (Lipinski definition) is 3. The third-order valence-electron chi connectivity index (χ3n) is 4.83.